The molecule has 0 aliphatic carbocycles. The first-order valence-corrected chi connectivity index (χ1v) is 13.2. The number of hydrogen-bond donors (Lipinski definition) is 0. The van der Waals surface area contributed by atoms with Gasteiger partial charge in [-0.05, 0) is 60.2 Å². The molecule has 0 radical (unpaired) electrons. The first-order chi connectivity index (χ1) is 18.6. The summed E-state index contributed by atoms with van der Waals surface area (Å²) in [6.07, 6.45) is 5.51. The van der Waals surface area contributed by atoms with Gasteiger partial charge < -0.3 is 9.47 Å². The molecule has 3 aromatic carbocycles. The van der Waals surface area contributed by atoms with Crippen molar-refractivity contribution in [3.05, 3.63) is 114 Å². The second-order valence-electron chi connectivity index (χ2n) is 8.45. The zero-order valence-electron chi connectivity index (χ0n) is 20.7. The molecule has 0 bridgehead atoms. The van der Waals surface area contributed by atoms with Crippen LogP contribution in [0.5, 0.6) is 11.5 Å². The molecule has 5 rings (SSSR count). The van der Waals surface area contributed by atoms with Gasteiger partial charge in [0.05, 0.1) is 29.9 Å². The predicted octanol–water partition coefficient (Wildman–Crippen LogP) is 6.51. The van der Waals surface area contributed by atoms with Crippen molar-refractivity contribution in [2.24, 2.45) is 0 Å². The lowest BCUT2D eigenvalue weighted by atomic mass is 10.1. The topological polar surface area (TPSA) is 56.6 Å². The van der Waals surface area contributed by atoms with Crippen molar-refractivity contribution in [3.8, 4) is 28.4 Å². The summed E-state index contributed by atoms with van der Waals surface area (Å²) in [7, 11) is 1.63. The molecule has 0 N–H and O–H groups in total. The fourth-order valence-electron chi connectivity index (χ4n) is 3.99. The predicted molar refractivity (Wildman–Crippen MR) is 156 cm³/mol. The van der Waals surface area contributed by atoms with Gasteiger partial charge in [0.15, 0.2) is 0 Å². The third kappa shape index (κ3) is 5.56. The van der Waals surface area contributed by atoms with E-state index in [4.69, 9.17) is 26.8 Å². The Bertz CT molecular complexity index is 1490. The largest absolute Gasteiger partial charge is 0.497 e. The fraction of sp³-hybridized carbons (Fsp3) is 0.100. The van der Waals surface area contributed by atoms with E-state index in [2.05, 4.69) is 6.58 Å². The summed E-state index contributed by atoms with van der Waals surface area (Å²) in [5.74, 6) is 1.39. The maximum atomic E-state index is 13.4. The molecule has 2 heterocycles. The molecule has 0 unspecified atom stereocenters. The van der Waals surface area contributed by atoms with E-state index in [1.165, 1.54) is 11.8 Å². The number of benzene rings is 3. The van der Waals surface area contributed by atoms with Gasteiger partial charge >= 0.3 is 0 Å². The average Bonchev–Trinajstić information content (AvgIpc) is 3.49. The first-order valence-electron chi connectivity index (χ1n) is 11.9. The lowest BCUT2D eigenvalue weighted by Gasteiger charge is -2.14. The molecule has 1 fully saturated rings. The van der Waals surface area contributed by atoms with Crippen LogP contribution in [0, 0.1) is 0 Å². The summed E-state index contributed by atoms with van der Waals surface area (Å²) in [4.78, 5) is 15.6. The maximum absolute atomic E-state index is 13.4. The maximum Gasteiger partial charge on any atom is 0.266 e. The zero-order chi connectivity index (χ0) is 26.5. The molecule has 1 saturated heterocycles. The van der Waals surface area contributed by atoms with Crippen LogP contribution in [0.4, 0.5) is 0 Å². The second kappa shape index (κ2) is 11.5. The minimum absolute atomic E-state index is 0.123. The molecule has 1 aromatic heterocycles. The van der Waals surface area contributed by atoms with E-state index in [1.807, 2.05) is 95.8 Å². The van der Waals surface area contributed by atoms with Crippen LogP contribution in [0.3, 0.4) is 0 Å². The van der Waals surface area contributed by atoms with Gasteiger partial charge in [-0.2, -0.15) is 5.10 Å². The van der Waals surface area contributed by atoms with Crippen LogP contribution in [0.25, 0.3) is 23.0 Å². The number of para-hydroxylation sites is 1. The molecule has 6 nitrogen and oxygen atoms in total. The van der Waals surface area contributed by atoms with Crippen molar-refractivity contribution < 1.29 is 14.3 Å². The van der Waals surface area contributed by atoms with E-state index in [-0.39, 0.29) is 5.91 Å². The Morgan fingerprint density at radius 2 is 1.71 bits per heavy atom. The Labute approximate surface area is 231 Å². The van der Waals surface area contributed by atoms with Crippen LogP contribution >= 0.6 is 24.0 Å². The lowest BCUT2D eigenvalue weighted by molar-refractivity contribution is -0.122. The molecular formula is C30H25N3O3S2. The third-order valence-electron chi connectivity index (χ3n) is 5.92. The quantitative estimate of drug-likeness (QED) is 0.137. The molecular weight excluding hydrogens is 514 g/mol. The molecule has 8 heteroatoms. The molecule has 1 aliphatic rings. The van der Waals surface area contributed by atoms with Crippen LogP contribution in [0.1, 0.15) is 11.1 Å². The standard InChI is InChI=1S/C30H25N3O3S2/c1-3-17-36-26-15-11-22(12-16-26)28-23(20-33(31-28)24-7-5-4-6-8-24)18-27-29(34)32(30(37)38-27)19-21-9-13-25(35-2)14-10-21/h3-16,18,20H,1,17,19H2,2H3. The smallest absolute Gasteiger partial charge is 0.266 e. The number of nitrogens with zero attached hydrogens (tertiary/aromatic N) is 3. The molecule has 0 atom stereocenters. The molecule has 38 heavy (non-hydrogen) atoms. The van der Waals surface area contributed by atoms with Crippen LogP contribution in [0.2, 0.25) is 0 Å². The van der Waals surface area contributed by atoms with Gasteiger partial charge in [0, 0.05) is 17.3 Å². The van der Waals surface area contributed by atoms with Gasteiger partial charge in [-0.25, -0.2) is 4.68 Å². The fourth-order valence-corrected chi connectivity index (χ4v) is 5.23. The van der Waals surface area contributed by atoms with Gasteiger partial charge in [-0.15, -0.1) is 0 Å². The number of hydrogen-bond acceptors (Lipinski definition) is 6. The van der Waals surface area contributed by atoms with Gasteiger partial charge in [0.25, 0.3) is 5.91 Å². The van der Waals surface area contributed by atoms with Crippen molar-refractivity contribution in [2.45, 2.75) is 6.54 Å². The number of thiocarbonyl (C=S) groups is 1. The summed E-state index contributed by atoms with van der Waals surface area (Å²) in [5.41, 5.74) is 4.37. The van der Waals surface area contributed by atoms with Crippen LogP contribution in [0.15, 0.2) is 103 Å². The number of carbonyl (C=O) groups is 1. The molecule has 0 spiro atoms. The zero-order valence-corrected chi connectivity index (χ0v) is 22.4. The average molecular weight is 540 g/mol. The second-order valence-corrected chi connectivity index (χ2v) is 10.1. The van der Waals surface area contributed by atoms with E-state index in [0.717, 1.165) is 39.6 Å². The van der Waals surface area contributed by atoms with E-state index in [9.17, 15) is 4.79 Å². The Hall–Kier alpha value is -4.14. The summed E-state index contributed by atoms with van der Waals surface area (Å²) in [6, 6.07) is 25.2. The van der Waals surface area contributed by atoms with Crippen molar-refractivity contribution in [3.63, 3.8) is 0 Å². The molecule has 4 aromatic rings. The van der Waals surface area contributed by atoms with Crippen LogP contribution in [-0.2, 0) is 11.3 Å². The molecule has 0 saturated carbocycles. The Balaban J connectivity index is 1.47. The minimum atomic E-state index is -0.123. The molecule has 1 amide bonds. The number of thioether (sulfide) groups is 1. The van der Waals surface area contributed by atoms with Crippen LogP contribution < -0.4 is 9.47 Å². The Kier molecular flexibility index (Phi) is 7.72. The van der Waals surface area contributed by atoms with Crippen molar-refractivity contribution in [2.75, 3.05) is 13.7 Å². The highest BCUT2D eigenvalue weighted by molar-refractivity contribution is 8.26. The summed E-state index contributed by atoms with van der Waals surface area (Å²) < 4.78 is 13.2. The minimum Gasteiger partial charge on any atom is -0.497 e. The highest BCUT2D eigenvalue weighted by Gasteiger charge is 2.32. The van der Waals surface area contributed by atoms with Gasteiger partial charge in [0.2, 0.25) is 0 Å². The monoisotopic (exact) mass is 539 g/mol. The van der Waals surface area contributed by atoms with Crippen molar-refractivity contribution >= 4 is 40.3 Å². The first kappa shape index (κ1) is 25.5. The molecule has 1 aliphatic heterocycles. The lowest BCUT2D eigenvalue weighted by Crippen LogP contribution is -2.27. The summed E-state index contributed by atoms with van der Waals surface area (Å²) >= 11 is 6.88. The highest BCUT2D eigenvalue weighted by Crippen LogP contribution is 2.36. The number of amides is 1. The number of carbonyl (C=O) groups excluding carboxylic acids is 1. The van der Waals surface area contributed by atoms with Gasteiger partial charge in [-0.3, -0.25) is 9.69 Å². The normalized spacial score (nSPS) is 14.2. The van der Waals surface area contributed by atoms with Crippen molar-refractivity contribution in [1.82, 2.24) is 14.7 Å². The van der Waals surface area contributed by atoms with Gasteiger partial charge in [0.1, 0.15) is 22.4 Å². The third-order valence-corrected chi connectivity index (χ3v) is 7.30. The molecule has 190 valence electrons. The Morgan fingerprint density at radius 3 is 2.39 bits per heavy atom. The highest BCUT2D eigenvalue weighted by atomic mass is 32.2. The Morgan fingerprint density at radius 1 is 1.00 bits per heavy atom. The number of ether oxygens (including phenoxy) is 2. The number of rotatable bonds is 9. The van der Waals surface area contributed by atoms with Gasteiger partial charge in [-0.1, -0.05) is 67.0 Å². The van der Waals surface area contributed by atoms with Crippen molar-refractivity contribution in [1.29, 1.82) is 0 Å². The van der Waals surface area contributed by atoms with E-state index < -0.39 is 0 Å². The summed E-state index contributed by atoms with van der Waals surface area (Å²) in [6.45, 7) is 4.52. The number of methoxy groups -OCH3 is 1. The van der Waals surface area contributed by atoms with E-state index in [1.54, 1.807) is 18.1 Å². The number of aromatic nitrogens is 2. The van der Waals surface area contributed by atoms with E-state index >= 15 is 0 Å². The SMILES string of the molecule is C=CCOc1ccc(-c2nn(-c3ccccc3)cc2C=C2SC(=S)N(Cc3ccc(OC)cc3)C2=O)cc1. The van der Waals surface area contributed by atoms with Crippen LogP contribution in [-0.4, -0.2) is 38.6 Å². The van der Waals surface area contributed by atoms with E-state index in [0.29, 0.717) is 22.4 Å². The summed E-state index contributed by atoms with van der Waals surface area (Å²) in [5, 5.41) is 4.87.